The van der Waals surface area contributed by atoms with E-state index in [2.05, 4.69) is 15.5 Å². The maximum Gasteiger partial charge on any atom is 0.343 e. The summed E-state index contributed by atoms with van der Waals surface area (Å²) in [6, 6.07) is 20.6. The van der Waals surface area contributed by atoms with Crippen LogP contribution < -0.4 is 10.2 Å². The Hall–Kier alpha value is -3.62. The number of ether oxygens (including phenoxy) is 1. The Morgan fingerprint density at radius 1 is 1.09 bits per heavy atom. The van der Waals surface area contributed by atoms with Crippen molar-refractivity contribution < 1.29 is 18.7 Å². The lowest BCUT2D eigenvalue weighted by Crippen LogP contribution is -2.19. The van der Waals surface area contributed by atoms with Gasteiger partial charge in [-0.05, 0) is 54.1 Å². The van der Waals surface area contributed by atoms with Gasteiger partial charge in [-0.1, -0.05) is 47.6 Å². The molecular weight excluding hydrogens is 450 g/mol. The lowest BCUT2D eigenvalue weighted by molar-refractivity contribution is -0.118. The van der Waals surface area contributed by atoms with Crippen molar-refractivity contribution in [3.8, 4) is 5.75 Å². The first kappa shape index (κ1) is 21.6. The Bertz CT molecular complexity index is 1250. The minimum atomic E-state index is -0.500. The molecule has 0 bridgehead atoms. The number of nitrogens with zero attached hydrogens (tertiary/aromatic N) is 2. The third-order valence-electron chi connectivity index (χ3n) is 4.15. The fourth-order valence-electron chi connectivity index (χ4n) is 2.66. The van der Waals surface area contributed by atoms with Gasteiger partial charge in [-0.15, -0.1) is 0 Å². The van der Waals surface area contributed by atoms with Gasteiger partial charge in [0.2, 0.25) is 0 Å². The van der Waals surface area contributed by atoms with Gasteiger partial charge in [0, 0.05) is 5.02 Å². The molecule has 32 heavy (non-hydrogen) atoms. The number of thioether (sulfide) groups is 1. The fourth-order valence-corrected chi connectivity index (χ4v) is 3.42. The molecule has 4 aromatic rings. The van der Waals surface area contributed by atoms with Crippen LogP contribution in [0.15, 0.2) is 87.5 Å². The minimum absolute atomic E-state index is 0.100. The van der Waals surface area contributed by atoms with Crippen molar-refractivity contribution in [3.05, 3.63) is 88.9 Å². The SMILES string of the molecule is O=C(CSc1nc2ccccc2o1)N/N=C\c1cccc(OC(=O)c2ccc(Cl)cc2)c1. The van der Waals surface area contributed by atoms with Gasteiger partial charge in [-0.25, -0.2) is 15.2 Å². The van der Waals surface area contributed by atoms with Crippen molar-refractivity contribution in [2.24, 2.45) is 5.10 Å². The summed E-state index contributed by atoms with van der Waals surface area (Å²) in [5, 5.41) is 4.89. The molecule has 4 rings (SSSR count). The van der Waals surface area contributed by atoms with Crippen LogP contribution >= 0.6 is 23.4 Å². The molecule has 1 amide bonds. The van der Waals surface area contributed by atoms with Crippen molar-refractivity contribution in [2.45, 2.75) is 5.22 Å². The van der Waals surface area contributed by atoms with Crippen LogP contribution in [0.5, 0.6) is 5.75 Å². The lowest BCUT2D eigenvalue weighted by atomic mass is 10.2. The first-order valence-corrected chi connectivity index (χ1v) is 10.8. The van der Waals surface area contributed by atoms with Crippen molar-refractivity contribution in [3.63, 3.8) is 0 Å². The summed E-state index contributed by atoms with van der Waals surface area (Å²) in [7, 11) is 0. The van der Waals surface area contributed by atoms with Gasteiger partial charge < -0.3 is 9.15 Å². The Labute approximate surface area is 192 Å². The number of carbonyl (C=O) groups excluding carboxylic acids is 2. The number of halogens is 1. The van der Waals surface area contributed by atoms with Crippen LogP contribution in [0.2, 0.25) is 5.02 Å². The molecule has 0 atom stereocenters. The van der Waals surface area contributed by atoms with Crippen molar-refractivity contribution in [1.29, 1.82) is 0 Å². The summed E-state index contributed by atoms with van der Waals surface area (Å²) in [5.41, 5.74) is 4.90. The Morgan fingerprint density at radius 3 is 2.72 bits per heavy atom. The van der Waals surface area contributed by atoms with Gasteiger partial charge in [-0.3, -0.25) is 4.79 Å². The molecule has 3 aromatic carbocycles. The average molecular weight is 466 g/mol. The summed E-state index contributed by atoms with van der Waals surface area (Å²) in [4.78, 5) is 28.5. The van der Waals surface area contributed by atoms with Crippen LogP contribution in [0, 0.1) is 0 Å². The van der Waals surface area contributed by atoms with Crippen LogP contribution in [0.1, 0.15) is 15.9 Å². The van der Waals surface area contributed by atoms with Crippen molar-refractivity contribution in [2.75, 3.05) is 5.75 Å². The number of esters is 1. The molecule has 1 aromatic heterocycles. The maximum absolute atomic E-state index is 12.2. The van der Waals surface area contributed by atoms with E-state index in [0.29, 0.717) is 32.7 Å². The Morgan fingerprint density at radius 2 is 1.91 bits per heavy atom. The average Bonchev–Trinajstić information content (AvgIpc) is 3.21. The molecule has 1 heterocycles. The highest BCUT2D eigenvalue weighted by molar-refractivity contribution is 7.99. The van der Waals surface area contributed by atoms with E-state index < -0.39 is 5.97 Å². The maximum atomic E-state index is 12.2. The molecule has 0 aliphatic heterocycles. The summed E-state index contributed by atoms with van der Waals surface area (Å²) in [5.74, 6) is -0.353. The molecule has 0 saturated heterocycles. The van der Waals surface area contributed by atoms with E-state index in [9.17, 15) is 9.59 Å². The number of aromatic nitrogens is 1. The number of amides is 1. The van der Waals surface area contributed by atoms with E-state index in [1.165, 1.54) is 18.0 Å². The zero-order valence-corrected chi connectivity index (χ0v) is 18.1. The Balaban J connectivity index is 1.28. The number of nitrogens with one attached hydrogen (secondary N) is 1. The van der Waals surface area contributed by atoms with Crippen molar-refractivity contribution >= 4 is 52.6 Å². The first-order chi connectivity index (χ1) is 15.6. The van der Waals surface area contributed by atoms with E-state index in [1.807, 2.05) is 24.3 Å². The monoisotopic (exact) mass is 465 g/mol. The number of fused-ring (bicyclic) bond motifs is 1. The molecule has 9 heteroatoms. The Kier molecular flexibility index (Phi) is 6.84. The van der Waals surface area contributed by atoms with Crippen LogP contribution in [0.4, 0.5) is 0 Å². The van der Waals surface area contributed by atoms with Gasteiger partial charge in [0.1, 0.15) is 11.3 Å². The number of para-hydroxylation sites is 2. The largest absolute Gasteiger partial charge is 0.431 e. The van der Waals surface area contributed by atoms with Gasteiger partial charge in [0.05, 0.1) is 17.5 Å². The van der Waals surface area contributed by atoms with Gasteiger partial charge in [0.15, 0.2) is 5.58 Å². The van der Waals surface area contributed by atoms with Gasteiger partial charge >= 0.3 is 5.97 Å². The molecule has 0 aliphatic rings. The van der Waals surface area contributed by atoms with E-state index in [-0.39, 0.29) is 11.7 Å². The number of hydrogen-bond donors (Lipinski definition) is 1. The molecule has 160 valence electrons. The summed E-state index contributed by atoms with van der Waals surface area (Å²) >= 11 is 7.01. The second-order valence-electron chi connectivity index (χ2n) is 6.50. The highest BCUT2D eigenvalue weighted by Gasteiger charge is 2.10. The summed E-state index contributed by atoms with van der Waals surface area (Å²) in [6.07, 6.45) is 1.46. The molecule has 0 saturated carbocycles. The molecule has 0 spiro atoms. The number of carbonyl (C=O) groups is 2. The second-order valence-corrected chi connectivity index (χ2v) is 7.86. The summed E-state index contributed by atoms with van der Waals surface area (Å²) in [6.45, 7) is 0. The van der Waals surface area contributed by atoms with E-state index in [0.717, 1.165) is 5.52 Å². The van der Waals surface area contributed by atoms with Crippen molar-refractivity contribution in [1.82, 2.24) is 10.4 Å². The van der Waals surface area contributed by atoms with Crippen LogP contribution in [0.25, 0.3) is 11.1 Å². The van der Waals surface area contributed by atoms with Gasteiger partial charge in [-0.2, -0.15) is 5.10 Å². The third kappa shape index (κ3) is 5.75. The molecule has 0 aliphatic carbocycles. The number of hydrazone groups is 1. The van der Waals surface area contributed by atoms with E-state index in [1.54, 1.807) is 48.5 Å². The molecular formula is C23H16ClN3O4S. The topological polar surface area (TPSA) is 93.8 Å². The van der Waals surface area contributed by atoms with E-state index in [4.69, 9.17) is 20.8 Å². The molecule has 0 radical (unpaired) electrons. The van der Waals surface area contributed by atoms with Gasteiger partial charge in [0.25, 0.3) is 11.1 Å². The van der Waals surface area contributed by atoms with E-state index >= 15 is 0 Å². The zero-order valence-electron chi connectivity index (χ0n) is 16.5. The van der Waals surface area contributed by atoms with Crippen LogP contribution in [0.3, 0.4) is 0 Å². The molecule has 0 fully saturated rings. The van der Waals surface area contributed by atoms with Crippen LogP contribution in [-0.4, -0.2) is 28.8 Å². The predicted octanol–water partition coefficient (Wildman–Crippen LogP) is 4.94. The number of hydrogen-bond acceptors (Lipinski definition) is 7. The normalized spacial score (nSPS) is 11.0. The highest BCUT2D eigenvalue weighted by Crippen LogP contribution is 2.22. The lowest BCUT2D eigenvalue weighted by Gasteiger charge is -2.05. The zero-order chi connectivity index (χ0) is 22.3. The molecule has 0 unspecified atom stereocenters. The standard InChI is InChI=1S/C23H16ClN3O4S/c24-17-10-8-16(9-11-17)22(29)30-18-5-3-4-15(12-18)13-25-27-21(28)14-32-23-26-19-6-1-2-7-20(19)31-23/h1-13H,14H2,(H,27,28)/b25-13-. The number of rotatable bonds is 7. The molecule has 7 nitrogen and oxygen atoms in total. The van der Waals surface area contributed by atoms with Crippen LogP contribution in [-0.2, 0) is 4.79 Å². The quantitative estimate of drug-likeness (QED) is 0.136. The third-order valence-corrected chi connectivity index (χ3v) is 5.23. The molecule has 1 N–H and O–H groups in total. The number of benzene rings is 3. The summed E-state index contributed by atoms with van der Waals surface area (Å²) < 4.78 is 10.9. The fraction of sp³-hybridized carbons (Fsp3) is 0.0435. The second kappa shape index (κ2) is 10.1. The minimum Gasteiger partial charge on any atom is -0.431 e. The predicted molar refractivity (Wildman–Crippen MR) is 123 cm³/mol. The number of oxazole rings is 1. The first-order valence-electron chi connectivity index (χ1n) is 9.45. The smallest absolute Gasteiger partial charge is 0.343 e. The highest BCUT2D eigenvalue weighted by atomic mass is 35.5.